The van der Waals surface area contributed by atoms with Crippen molar-refractivity contribution in [3.63, 3.8) is 0 Å². The van der Waals surface area contributed by atoms with Crippen LogP contribution in [0.4, 0.5) is 8.63 Å². The fourth-order valence-electron chi connectivity index (χ4n) is 7.52. The summed E-state index contributed by atoms with van der Waals surface area (Å²) in [6, 6.07) is 23.3. The number of allylic oxidation sites excluding steroid dienone is 2. The number of rotatable bonds is 3. The van der Waals surface area contributed by atoms with E-state index in [9.17, 15) is 0 Å². The Bertz CT molecular complexity index is 2170. The highest BCUT2D eigenvalue weighted by Crippen LogP contribution is 2.51. The van der Waals surface area contributed by atoms with E-state index >= 15 is 8.63 Å². The van der Waals surface area contributed by atoms with Gasteiger partial charge < -0.3 is 17.6 Å². The fraction of sp³-hybridized carbons (Fsp3) is 0.400. The summed E-state index contributed by atoms with van der Waals surface area (Å²) in [4.78, 5) is 0. The van der Waals surface area contributed by atoms with Gasteiger partial charge in [-0.3, -0.25) is 0 Å². The van der Waals surface area contributed by atoms with Gasteiger partial charge in [-0.2, -0.15) is 0 Å². The van der Waals surface area contributed by atoms with Crippen molar-refractivity contribution in [2.45, 2.75) is 119 Å². The molecule has 4 aromatic rings. The second kappa shape index (κ2) is 12.8. The Hall–Kier alpha value is -2.53. The quantitative estimate of drug-likeness (QED) is 0.143. The zero-order valence-electron chi connectivity index (χ0n) is 33.3. The molecule has 274 valence electrons. The molecule has 0 saturated heterocycles. The minimum absolute atomic E-state index is 0.0520. The van der Waals surface area contributed by atoms with E-state index in [1.807, 2.05) is 38.1 Å². The Morgan fingerprint density at radius 1 is 0.558 bits per heavy atom. The molecule has 0 N–H and O–H groups in total. The second-order valence-electron chi connectivity index (χ2n) is 18.9. The fourth-order valence-corrected chi connectivity index (χ4v) is 9.18. The highest BCUT2D eigenvalue weighted by molar-refractivity contribution is 14.1. The molecular formula is C45H53BF2I2N2. The minimum Gasteiger partial charge on any atom is -0.389 e. The molecule has 2 aliphatic rings. The zero-order valence-corrected chi connectivity index (χ0v) is 37.6. The van der Waals surface area contributed by atoms with Crippen LogP contribution in [0.15, 0.2) is 81.6 Å². The van der Waals surface area contributed by atoms with Gasteiger partial charge in [0.25, 0.3) is 0 Å². The molecule has 2 nitrogen and oxygen atoms in total. The van der Waals surface area contributed by atoms with Crippen LogP contribution in [0.3, 0.4) is 0 Å². The van der Waals surface area contributed by atoms with Gasteiger partial charge in [0.05, 0.1) is 9.15 Å². The molecule has 6 rings (SSSR count). The SMILES string of the molecule is CC1=C(I)C(c2ccc(C(C)(C)C)cc2)=[N+]2C1=C(c1cc(C(C)(C)C)cc(C(C)(C)C)c1)c1c(C)c(I)c(-c3ccc(C(C)(C)C)cc3)n1[B-]2(F)F. The first-order chi connectivity index (χ1) is 23.8. The molecule has 2 aliphatic heterocycles. The molecule has 3 heterocycles. The Labute approximate surface area is 338 Å². The smallest absolute Gasteiger partial charge is 0.389 e. The van der Waals surface area contributed by atoms with Crippen LogP contribution < -0.4 is 0 Å². The molecule has 0 amide bonds. The summed E-state index contributed by atoms with van der Waals surface area (Å²) in [6.45, 7) is 26.2. The van der Waals surface area contributed by atoms with Crippen molar-refractivity contribution in [2.24, 2.45) is 0 Å². The number of benzene rings is 3. The van der Waals surface area contributed by atoms with Gasteiger partial charge in [0.2, 0.25) is 0 Å². The van der Waals surface area contributed by atoms with Gasteiger partial charge in [-0.05, 0) is 132 Å². The molecule has 0 saturated carbocycles. The Balaban J connectivity index is 1.79. The van der Waals surface area contributed by atoms with E-state index in [1.54, 1.807) is 0 Å². The van der Waals surface area contributed by atoms with Crippen molar-refractivity contribution in [3.8, 4) is 11.3 Å². The van der Waals surface area contributed by atoms with Gasteiger partial charge in [0.15, 0.2) is 11.4 Å². The molecule has 3 aromatic carbocycles. The van der Waals surface area contributed by atoms with Crippen LogP contribution in [-0.2, 0) is 21.7 Å². The van der Waals surface area contributed by atoms with E-state index in [0.29, 0.717) is 22.8 Å². The maximum atomic E-state index is 18.2. The van der Waals surface area contributed by atoms with Gasteiger partial charge in [0.1, 0.15) is 0 Å². The topological polar surface area (TPSA) is 7.94 Å². The summed E-state index contributed by atoms with van der Waals surface area (Å²) in [5.41, 5.74) is 11.9. The first kappa shape index (κ1) is 39.2. The van der Waals surface area contributed by atoms with Crippen LogP contribution in [-0.4, -0.2) is 21.6 Å². The summed E-state index contributed by atoms with van der Waals surface area (Å²) in [7, 11) is 0. The highest BCUT2D eigenvalue weighted by Gasteiger charge is 2.58. The van der Waals surface area contributed by atoms with Crippen molar-refractivity contribution in [3.05, 3.63) is 130 Å². The molecule has 1 aromatic heterocycles. The number of hydrogen-bond acceptors (Lipinski definition) is 0. The van der Waals surface area contributed by atoms with E-state index in [2.05, 4.69) is 171 Å². The van der Waals surface area contributed by atoms with E-state index in [-0.39, 0.29) is 21.7 Å². The maximum Gasteiger partial charge on any atom is 0.738 e. The Morgan fingerprint density at radius 2 is 0.981 bits per heavy atom. The largest absolute Gasteiger partial charge is 0.738 e. The molecule has 0 spiro atoms. The van der Waals surface area contributed by atoms with Gasteiger partial charge in [-0.1, -0.05) is 138 Å². The highest BCUT2D eigenvalue weighted by atomic mass is 127. The molecule has 0 radical (unpaired) electrons. The average molecular weight is 925 g/mol. The third-order valence-electron chi connectivity index (χ3n) is 10.8. The van der Waals surface area contributed by atoms with Crippen LogP contribution in [0.25, 0.3) is 16.8 Å². The molecule has 0 fully saturated rings. The molecule has 0 aliphatic carbocycles. The summed E-state index contributed by atoms with van der Waals surface area (Å²) in [5.74, 6) is 0. The first-order valence-corrected chi connectivity index (χ1v) is 20.5. The molecule has 0 bridgehead atoms. The lowest BCUT2D eigenvalue weighted by molar-refractivity contribution is -0.362. The number of aromatic nitrogens is 1. The lowest BCUT2D eigenvalue weighted by Crippen LogP contribution is -2.52. The predicted octanol–water partition coefficient (Wildman–Crippen LogP) is 13.5. The van der Waals surface area contributed by atoms with Crippen molar-refractivity contribution in [1.82, 2.24) is 4.48 Å². The number of fused-ring (bicyclic) bond motifs is 2. The third kappa shape index (κ3) is 6.51. The van der Waals surface area contributed by atoms with Gasteiger partial charge in [-0.25, -0.2) is 0 Å². The van der Waals surface area contributed by atoms with Crippen LogP contribution in [0.5, 0.6) is 0 Å². The summed E-state index contributed by atoms with van der Waals surface area (Å²) < 4.78 is 40.9. The lowest BCUT2D eigenvalue weighted by atomic mass is 9.77. The van der Waals surface area contributed by atoms with Crippen molar-refractivity contribution in [1.29, 1.82) is 0 Å². The normalized spacial score (nSPS) is 16.6. The maximum absolute atomic E-state index is 18.2. The molecule has 52 heavy (non-hydrogen) atoms. The Kier molecular flexibility index (Phi) is 9.63. The van der Waals surface area contributed by atoms with Crippen molar-refractivity contribution < 1.29 is 13.1 Å². The number of halogens is 4. The van der Waals surface area contributed by atoms with Crippen molar-refractivity contribution >= 4 is 63.4 Å². The number of nitrogens with zero attached hydrogens (tertiary/aromatic N) is 2. The molecule has 0 atom stereocenters. The third-order valence-corrected chi connectivity index (χ3v) is 13.5. The van der Waals surface area contributed by atoms with Gasteiger partial charge in [0, 0.05) is 26.1 Å². The second-order valence-corrected chi connectivity index (χ2v) is 21.1. The zero-order chi connectivity index (χ0) is 38.7. The first-order valence-electron chi connectivity index (χ1n) is 18.4. The minimum atomic E-state index is -4.34. The summed E-state index contributed by atoms with van der Waals surface area (Å²) in [5, 5.41) is 0. The molecular weight excluding hydrogens is 871 g/mol. The lowest BCUT2D eigenvalue weighted by Gasteiger charge is -2.35. The van der Waals surface area contributed by atoms with E-state index in [0.717, 1.165) is 40.6 Å². The monoisotopic (exact) mass is 924 g/mol. The van der Waals surface area contributed by atoms with Crippen LogP contribution in [0.1, 0.15) is 135 Å². The van der Waals surface area contributed by atoms with Crippen LogP contribution in [0, 0.1) is 10.5 Å². The predicted molar refractivity (Wildman–Crippen MR) is 235 cm³/mol. The summed E-state index contributed by atoms with van der Waals surface area (Å²) >= 11 is 4.63. The van der Waals surface area contributed by atoms with Crippen LogP contribution in [0.2, 0.25) is 0 Å². The van der Waals surface area contributed by atoms with Crippen LogP contribution >= 0.6 is 45.2 Å². The van der Waals surface area contributed by atoms with E-state index in [1.165, 1.54) is 31.2 Å². The molecule has 0 unspecified atom stereocenters. The van der Waals surface area contributed by atoms with Crippen molar-refractivity contribution in [2.75, 3.05) is 0 Å². The Morgan fingerprint density at radius 3 is 1.40 bits per heavy atom. The summed E-state index contributed by atoms with van der Waals surface area (Å²) in [6.07, 6.45) is 0. The average Bonchev–Trinajstić information content (AvgIpc) is 3.46. The standard InChI is InChI=1S/C45H53BF2I2N2/c1-26-36(49)40(28-15-19-31(20-16-28)42(3,4)5)51-38(26)35(30-23-33(44(9,10)11)25-34(24-30)45(12,13)14)39-27(2)37(50)41(52(39)46(51,47)48)29-17-21-32(22-18-29)43(6,7)8/h15-25H,1-14H3. The van der Waals surface area contributed by atoms with E-state index in [4.69, 9.17) is 0 Å². The van der Waals surface area contributed by atoms with Gasteiger partial charge in [-0.15, -0.1) is 0 Å². The van der Waals surface area contributed by atoms with Gasteiger partial charge >= 0.3 is 6.97 Å². The van der Waals surface area contributed by atoms with E-state index < -0.39 is 6.97 Å². The molecule has 7 heteroatoms. The number of hydrogen-bond donors (Lipinski definition) is 0.